The number of rotatable bonds is 6. The van der Waals surface area contributed by atoms with Crippen LogP contribution < -0.4 is 10.2 Å². The Morgan fingerprint density at radius 2 is 1.82 bits per heavy atom. The third kappa shape index (κ3) is 5.04. The molecule has 6 nitrogen and oxygen atoms in total. The van der Waals surface area contributed by atoms with Gasteiger partial charge in [0.15, 0.2) is 6.29 Å². The van der Waals surface area contributed by atoms with Gasteiger partial charge >= 0.3 is 0 Å². The molecule has 5 rings (SSSR count). The van der Waals surface area contributed by atoms with E-state index in [1.54, 1.807) is 0 Å². The fourth-order valence-corrected chi connectivity index (χ4v) is 5.03. The largest absolute Gasteiger partial charge is 0.378 e. The topological polar surface area (TPSA) is 63.9 Å². The van der Waals surface area contributed by atoms with Gasteiger partial charge in [0.05, 0.1) is 17.9 Å². The summed E-state index contributed by atoms with van der Waals surface area (Å²) in [4.78, 5) is 9.27. The Kier molecular flexibility index (Phi) is 6.59. The minimum atomic E-state index is -0.321. The van der Waals surface area contributed by atoms with Crippen LogP contribution in [0.2, 0.25) is 0 Å². The Bertz CT molecular complexity index is 1010. The summed E-state index contributed by atoms with van der Waals surface area (Å²) in [6.07, 6.45) is 8.95. The molecule has 3 aliphatic heterocycles. The second-order valence-electron chi connectivity index (χ2n) is 8.97. The zero-order valence-electron chi connectivity index (χ0n) is 18.9. The quantitative estimate of drug-likeness (QED) is 0.663. The van der Waals surface area contributed by atoms with Crippen LogP contribution in [-0.4, -0.2) is 49.2 Å². The van der Waals surface area contributed by atoms with Gasteiger partial charge in [-0.1, -0.05) is 30.3 Å². The zero-order chi connectivity index (χ0) is 22.5. The third-order valence-corrected chi connectivity index (χ3v) is 6.88. The molecule has 3 aliphatic rings. The molecule has 0 bridgehead atoms. The number of allylic oxidation sites excluding steroid dienone is 1. The molecule has 2 saturated heterocycles. The maximum atomic E-state index is 9.24. The van der Waals surface area contributed by atoms with E-state index in [4.69, 9.17) is 9.73 Å². The zero-order valence-corrected chi connectivity index (χ0v) is 18.9. The van der Waals surface area contributed by atoms with E-state index in [0.29, 0.717) is 12.0 Å². The minimum Gasteiger partial charge on any atom is -0.378 e. The van der Waals surface area contributed by atoms with E-state index in [-0.39, 0.29) is 12.8 Å². The third-order valence-electron chi connectivity index (χ3n) is 6.88. The Hall–Kier alpha value is -3.30. The standard InChI is InChI=1S/C27H31N5O/c28-15-19-32-18-14-25(21-5-2-1-3-6-21)30-27(32)29-23-8-10-24(11-9-23)31-16-12-22(13-17-31)26-7-4-20-33-26/h1-3,5-6,8-11,14,18,22,26-27,29H,4,7,12-13,16-17,19-20H2. The molecule has 0 radical (unpaired) electrons. The Morgan fingerprint density at radius 1 is 1.03 bits per heavy atom. The fraction of sp³-hybridized carbons (Fsp3) is 0.407. The van der Waals surface area contributed by atoms with Crippen molar-refractivity contribution in [2.24, 2.45) is 10.9 Å². The number of benzene rings is 2. The van der Waals surface area contributed by atoms with Gasteiger partial charge in [0.25, 0.3) is 0 Å². The first-order valence-electron chi connectivity index (χ1n) is 12.0. The SMILES string of the molecule is N#CCN1C=CC(c2ccccc2)=NC1Nc1ccc(N2CCC(C3CCCO3)CC2)cc1. The smallest absolute Gasteiger partial charge is 0.197 e. The number of piperidine rings is 1. The molecule has 2 aromatic rings. The molecule has 2 unspecified atom stereocenters. The monoisotopic (exact) mass is 441 g/mol. The average molecular weight is 442 g/mol. The first-order valence-corrected chi connectivity index (χ1v) is 12.0. The van der Waals surface area contributed by atoms with Crippen LogP contribution in [0.1, 0.15) is 31.2 Å². The number of hydrogen-bond donors (Lipinski definition) is 1. The summed E-state index contributed by atoms with van der Waals surface area (Å²) >= 11 is 0. The van der Waals surface area contributed by atoms with Gasteiger partial charge in [0.2, 0.25) is 0 Å². The van der Waals surface area contributed by atoms with Crippen LogP contribution in [0.15, 0.2) is 71.9 Å². The van der Waals surface area contributed by atoms with Gasteiger partial charge in [-0.15, -0.1) is 0 Å². The van der Waals surface area contributed by atoms with Crippen LogP contribution >= 0.6 is 0 Å². The molecule has 170 valence electrons. The molecule has 0 saturated carbocycles. The number of hydrogen-bond acceptors (Lipinski definition) is 6. The summed E-state index contributed by atoms with van der Waals surface area (Å²) in [7, 11) is 0. The van der Waals surface area contributed by atoms with Crippen molar-refractivity contribution in [3.8, 4) is 6.07 Å². The summed E-state index contributed by atoms with van der Waals surface area (Å²) in [5.41, 5.74) is 4.23. The highest BCUT2D eigenvalue weighted by atomic mass is 16.5. The van der Waals surface area contributed by atoms with Gasteiger partial charge in [-0.3, -0.25) is 0 Å². The first kappa shape index (κ1) is 21.5. The van der Waals surface area contributed by atoms with E-state index in [0.717, 1.165) is 36.7 Å². The van der Waals surface area contributed by atoms with E-state index in [9.17, 15) is 5.26 Å². The van der Waals surface area contributed by atoms with Gasteiger partial charge < -0.3 is 19.9 Å². The Balaban J connectivity index is 1.23. The lowest BCUT2D eigenvalue weighted by atomic mass is 9.89. The number of anilines is 2. The molecule has 3 heterocycles. The lowest BCUT2D eigenvalue weighted by Crippen LogP contribution is -2.39. The van der Waals surface area contributed by atoms with Gasteiger partial charge in [-0.25, -0.2) is 4.99 Å². The number of ether oxygens (including phenoxy) is 1. The van der Waals surface area contributed by atoms with Crippen molar-refractivity contribution in [3.05, 3.63) is 72.4 Å². The van der Waals surface area contributed by atoms with Crippen molar-refractivity contribution in [3.63, 3.8) is 0 Å². The highest BCUT2D eigenvalue weighted by Crippen LogP contribution is 2.31. The van der Waals surface area contributed by atoms with Crippen LogP contribution in [0.3, 0.4) is 0 Å². The Morgan fingerprint density at radius 3 is 2.52 bits per heavy atom. The lowest BCUT2D eigenvalue weighted by Gasteiger charge is -2.36. The molecule has 0 aromatic heterocycles. The van der Waals surface area contributed by atoms with Crippen LogP contribution in [0.4, 0.5) is 11.4 Å². The number of nitrogens with zero attached hydrogens (tertiary/aromatic N) is 4. The lowest BCUT2D eigenvalue weighted by molar-refractivity contribution is 0.0531. The van der Waals surface area contributed by atoms with Gasteiger partial charge in [0, 0.05) is 37.3 Å². The molecule has 2 fully saturated rings. The highest BCUT2D eigenvalue weighted by molar-refractivity contribution is 6.09. The maximum Gasteiger partial charge on any atom is 0.197 e. The van der Waals surface area contributed by atoms with Crippen LogP contribution in [0.5, 0.6) is 0 Å². The number of nitrogens with one attached hydrogen (secondary N) is 1. The average Bonchev–Trinajstić information content (AvgIpc) is 3.42. The normalized spacial score (nSPS) is 23.3. The van der Waals surface area contributed by atoms with Crippen molar-refractivity contribution >= 4 is 17.1 Å². The molecule has 33 heavy (non-hydrogen) atoms. The van der Waals surface area contributed by atoms with E-state index in [1.807, 2.05) is 35.4 Å². The summed E-state index contributed by atoms with van der Waals surface area (Å²) in [5, 5.41) is 12.7. The summed E-state index contributed by atoms with van der Waals surface area (Å²) in [6, 6.07) is 21.0. The van der Waals surface area contributed by atoms with Crippen LogP contribution in [0.25, 0.3) is 0 Å². The summed E-state index contributed by atoms with van der Waals surface area (Å²) in [6.45, 7) is 3.40. The number of aliphatic imine (C=N–C) groups is 1. The second-order valence-corrected chi connectivity index (χ2v) is 8.97. The van der Waals surface area contributed by atoms with Crippen LogP contribution in [-0.2, 0) is 4.74 Å². The van der Waals surface area contributed by atoms with E-state index < -0.39 is 0 Å². The van der Waals surface area contributed by atoms with E-state index in [1.165, 1.54) is 31.4 Å². The van der Waals surface area contributed by atoms with Crippen molar-refractivity contribution in [2.75, 3.05) is 36.5 Å². The second kappa shape index (κ2) is 10.1. The fourth-order valence-electron chi connectivity index (χ4n) is 5.03. The van der Waals surface area contributed by atoms with Crippen molar-refractivity contribution < 1.29 is 4.74 Å². The maximum absolute atomic E-state index is 9.24. The molecule has 0 aliphatic carbocycles. The van der Waals surface area contributed by atoms with Crippen molar-refractivity contribution in [1.82, 2.24) is 4.90 Å². The Labute approximate surface area is 196 Å². The predicted molar refractivity (Wildman–Crippen MR) is 132 cm³/mol. The molecule has 0 amide bonds. The molecule has 0 spiro atoms. The van der Waals surface area contributed by atoms with Gasteiger partial charge in [-0.05, 0) is 67.5 Å². The first-order chi connectivity index (χ1) is 16.3. The molecule has 2 atom stereocenters. The molecular weight excluding hydrogens is 410 g/mol. The molecule has 1 N–H and O–H groups in total. The predicted octanol–water partition coefficient (Wildman–Crippen LogP) is 4.62. The molecule has 2 aromatic carbocycles. The summed E-state index contributed by atoms with van der Waals surface area (Å²) in [5.74, 6) is 0.715. The molecule has 6 heteroatoms. The van der Waals surface area contributed by atoms with Crippen LogP contribution in [0, 0.1) is 17.2 Å². The van der Waals surface area contributed by atoms with Gasteiger partial charge in [-0.2, -0.15) is 5.26 Å². The summed E-state index contributed by atoms with van der Waals surface area (Å²) < 4.78 is 5.92. The molecular formula is C27H31N5O. The minimum absolute atomic E-state index is 0.275. The van der Waals surface area contributed by atoms with E-state index in [2.05, 4.69) is 52.7 Å². The van der Waals surface area contributed by atoms with Crippen molar-refractivity contribution in [2.45, 2.75) is 38.1 Å². The highest BCUT2D eigenvalue weighted by Gasteiger charge is 2.29. The van der Waals surface area contributed by atoms with Crippen molar-refractivity contribution in [1.29, 1.82) is 5.26 Å². The van der Waals surface area contributed by atoms with E-state index >= 15 is 0 Å². The van der Waals surface area contributed by atoms with Gasteiger partial charge in [0.1, 0.15) is 6.54 Å². The number of nitriles is 1.